The number of thiazole rings is 1. The van der Waals surface area contributed by atoms with Crippen molar-refractivity contribution in [2.75, 3.05) is 4.90 Å². The van der Waals surface area contributed by atoms with Crippen LogP contribution in [0.3, 0.4) is 0 Å². The minimum Gasteiger partial charge on any atom is -0.279 e. The van der Waals surface area contributed by atoms with Crippen molar-refractivity contribution in [2.24, 2.45) is 0 Å². The minimum absolute atomic E-state index is 0.0617. The van der Waals surface area contributed by atoms with E-state index in [0.717, 1.165) is 35.6 Å². The van der Waals surface area contributed by atoms with E-state index in [0.29, 0.717) is 10.3 Å². The number of nitrogens with zero attached hydrogens (tertiary/aromatic N) is 3. The maximum Gasteiger partial charge on any atom is 0.416 e. The molecule has 1 amide bonds. The molecule has 0 aliphatic carbocycles. The van der Waals surface area contributed by atoms with E-state index in [9.17, 15) is 22.4 Å². The molecule has 0 atom stereocenters. The van der Waals surface area contributed by atoms with Crippen molar-refractivity contribution in [1.82, 2.24) is 9.97 Å². The molecule has 4 aromatic rings. The third kappa shape index (κ3) is 4.02. The predicted octanol–water partition coefficient (Wildman–Crippen LogP) is 5.70. The standard InChI is InChI=1S/C21H13F4N3OS/c22-16-4-1-5-17-18(16)27-20(30-17)28(12-13-3-2-10-26-11-13)19(29)14-6-8-15(9-7-14)21(23,24)25/h1-11H,12H2. The topological polar surface area (TPSA) is 46.1 Å². The second-order valence-electron chi connectivity index (χ2n) is 6.41. The number of aromatic nitrogens is 2. The maximum atomic E-state index is 14.1. The number of hydrogen-bond donors (Lipinski definition) is 0. The number of para-hydroxylation sites is 1. The summed E-state index contributed by atoms with van der Waals surface area (Å²) in [6.07, 6.45) is -1.35. The van der Waals surface area contributed by atoms with Crippen LogP contribution >= 0.6 is 11.3 Å². The second-order valence-corrected chi connectivity index (χ2v) is 7.42. The Morgan fingerprint density at radius 1 is 1.03 bits per heavy atom. The molecule has 0 unspecified atom stereocenters. The average molecular weight is 431 g/mol. The van der Waals surface area contributed by atoms with Crippen LogP contribution in [-0.2, 0) is 12.7 Å². The average Bonchev–Trinajstić information content (AvgIpc) is 3.17. The Morgan fingerprint density at radius 3 is 2.43 bits per heavy atom. The molecule has 2 heterocycles. The van der Waals surface area contributed by atoms with Gasteiger partial charge in [0.25, 0.3) is 5.91 Å². The Morgan fingerprint density at radius 2 is 1.80 bits per heavy atom. The van der Waals surface area contributed by atoms with Gasteiger partial charge in [0.1, 0.15) is 11.3 Å². The molecule has 9 heteroatoms. The lowest BCUT2D eigenvalue weighted by atomic mass is 10.1. The second kappa shape index (κ2) is 7.83. The van der Waals surface area contributed by atoms with Gasteiger partial charge in [0.05, 0.1) is 16.8 Å². The number of carbonyl (C=O) groups excluding carboxylic acids is 1. The highest BCUT2D eigenvalue weighted by atomic mass is 32.1. The van der Waals surface area contributed by atoms with Crippen LogP contribution in [0.5, 0.6) is 0 Å². The first-order chi connectivity index (χ1) is 14.3. The Kier molecular flexibility index (Phi) is 5.21. The number of benzene rings is 2. The van der Waals surface area contributed by atoms with E-state index in [1.54, 1.807) is 36.7 Å². The smallest absolute Gasteiger partial charge is 0.279 e. The Hall–Kier alpha value is -3.33. The molecule has 0 spiro atoms. The third-order valence-electron chi connectivity index (χ3n) is 4.36. The van der Waals surface area contributed by atoms with Crippen molar-refractivity contribution in [2.45, 2.75) is 12.7 Å². The summed E-state index contributed by atoms with van der Waals surface area (Å²) in [5.74, 6) is -1.06. The molecule has 0 radical (unpaired) electrons. The number of pyridine rings is 1. The van der Waals surface area contributed by atoms with E-state index in [4.69, 9.17) is 0 Å². The zero-order chi connectivity index (χ0) is 21.3. The van der Waals surface area contributed by atoms with Crippen LogP contribution in [0, 0.1) is 5.82 Å². The molecule has 0 saturated carbocycles. The van der Waals surface area contributed by atoms with Crippen LogP contribution in [0.1, 0.15) is 21.5 Å². The van der Waals surface area contributed by atoms with E-state index in [2.05, 4.69) is 9.97 Å². The molecule has 152 valence electrons. The highest BCUT2D eigenvalue weighted by molar-refractivity contribution is 7.22. The van der Waals surface area contributed by atoms with Gasteiger partial charge in [-0.1, -0.05) is 23.5 Å². The summed E-state index contributed by atoms with van der Waals surface area (Å²) in [5.41, 5.74) is 0.0398. The van der Waals surface area contributed by atoms with Crippen LogP contribution in [0.2, 0.25) is 0 Å². The number of fused-ring (bicyclic) bond motifs is 1. The van der Waals surface area contributed by atoms with Crippen LogP contribution in [-0.4, -0.2) is 15.9 Å². The van der Waals surface area contributed by atoms with Crippen molar-refractivity contribution in [3.63, 3.8) is 0 Å². The Labute approximate surface area is 172 Å². The van der Waals surface area contributed by atoms with Crippen LogP contribution < -0.4 is 4.90 Å². The van der Waals surface area contributed by atoms with Gasteiger partial charge in [0.15, 0.2) is 5.13 Å². The number of anilines is 1. The lowest BCUT2D eigenvalue weighted by Crippen LogP contribution is -2.30. The first-order valence-corrected chi connectivity index (χ1v) is 9.57. The summed E-state index contributed by atoms with van der Waals surface area (Å²) in [4.78, 5) is 22.8. The Bertz CT molecular complexity index is 1190. The third-order valence-corrected chi connectivity index (χ3v) is 5.40. The zero-order valence-corrected chi connectivity index (χ0v) is 16.0. The molecule has 0 bridgehead atoms. The van der Waals surface area contributed by atoms with Gasteiger partial charge >= 0.3 is 6.18 Å². The Balaban J connectivity index is 1.74. The van der Waals surface area contributed by atoms with E-state index in [-0.39, 0.29) is 22.8 Å². The first-order valence-electron chi connectivity index (χ1n) is 8.76. The quantitative estimate of drug-likeness (QED) is 0.390. The highest BCUT2D eigenvalue weighted by Crippen LogP contribution is 2.33. The first kappa shape index (κ1) is 20.0. The van der Waals surface area contributed by atoms with Crippen molar-refractivity contribution in [3.05, 3.63) is 89.5 Å². The number of alkyl halides is 3. The van der Waals surface area contributed by atoms with Crippen molar-refractivity contribution >= 4 is 32.6 Å². The lowest BCUT2D eigenvalue weighted by molar-refractivity contribution is -0.137. The molecule has 0 fully saturated rings. The highest BCUT2D eigenvalue weighted by Gasteiger charge is 2.31. The van der Waals surface area contributed by atoms with Crippen LogP contribution in [0.25, 0.3) is 10.2 Å². The lowest BCUT2D eigenvalue weighted by Gasteiger charge is -2.20. The molecule has 0 aliphatic heterocycles. The summed E-state index contributed by atoms with van der Waals surface area (Å²) in [7, 11) is 0. The van der Waals surface area contributed by atoms with Gasteiger partial charge in [-0.15, -0.1) is 0 Å². The maximum absolute atomic E-state index is 14.1. The molecule has 4 nitrogen and oxygen atoms in total. The van der Waals surface area contributed by atoms with Gasteiger partial charge in [-0.25, -0.2) is 9.37 Å². The van der Waals surface area contributed by atoms with Crippen LogP contribution in [0.4, 0.5) is 22.7 Å². The fraction of sp³-hybridized carbons (Fsp3) is 0.0952. The number of amides is 1. The zero-order valence-electron chi connectivity index (χ0n) is 15.2. The molecule has 2 aromatic heterocycles. The van der Waals surface area contributed by atoms with E-state index < -0.39 is 23.5 Å². The predicted molar refractivity (Wildman–Crippen MR) is 106 cm³/mol. The molecule has 0 aliphatic rings. The minimum atomic E-state index is -4.50. The number of rotatable bonds is 4. The summed E-state index contributed by atoms with van der Waals surface area (Å²) < 4.78 is 53.2. The van der Waals surface area contributed by atoms with Gasteiger partial charge in [-0.3, -0.25) is 14.7 Å². The molecule has 0 saturated heterocycles. The largest absolute Gasteiger partial charge is 0.416 e. The van der Waals surface area contributed by atoms with E-state index in [1.807, 2.05) is 0 Å². The number of hydrogen-bond acceptors (Lipinski definition) is 4. The fourth-order valence-electron chi connectivity index (χ4n) is 2.88. The summed E-state index contributed by atoms with van der Waals surface area (Å²) in [6.45, 7) is 0.0785. The SMILES string of the molecule is O=C(c1ccc(C(F)(F)F)cc1)N(Cc1cccnc1)c1nc2c(F)cccc2s1. The van der Waals surface area contributed by atoms with Gasteiger partial charge in [0, 0.05) is 18.0 Å². The normalized spacial score (nSPS) is 11.6. The van der Waals surface area contributed by atoms with Crippen molar-refractivity contribution < 1.29 is 22.4 Å². The van der Waals surface area contributed by atoms with E-state index in [1.165, 1.54) is 11.0 Å². The summed E-state index contributed by atoms with van der Waals surface area (Å²) in [6, 6.07) is 11.9. The van der Waals surface area contributed by atoms with Gasteiger partial charge in [-0.05, 0) is 48.0 Å². The van der Waals surface area contributed by atoms with Crippen molar-refractivity contribution in [3.8, 4) is 0 Å². The number of carbonyl (C=O) groups is 1. The number of halogens is 4. The van der Waals surface area contributed by atoms with Gasteiger partial charge in [0.2, 0.25) is 0 Å². The molecule has 2 aromatic carbocycles. The molecule has 30 heavy (non-hydrogen) atoms. The van der Waals surface area contributed by atoms with Crippen LogP contribution in [0.15, 0.2) is 67.0 Å². The summed E-state index contributed by atoms with van der Waals surface area (Å²) >= 11 is 1.12. The molecular weight excluding hydrogens is 418 g/mol. The molecular formula is C21H13F4N3OS. The van der Waals surface area contributed by atoms with Crippen molar-refractivity contribution in [1.29, 1.82) is 0 Å². The molecule has 0 N–H and O–H groups in total. The molecule has 4 rings (SSSR count). The van der Waals surface area contributed by atoms with Gasteiger partial charge < -0.3 is 0 Å². The van der Waals surface area contributed by atoms with Gasteiger partial charge in [-0.2, -0.15) is 13.2 Å². The fourth-order valence-corrected chi connectivity index (χ4v) is 3.85. The monoisotopic (exact) mass is 431 g/mol. The van der Waals surface area contributed by atoms with E-state index >= 15 is 0 Å². The summed E-state index contributed by atoms with van der Waals surface area (Å²) in [5, 5.41) is 0.240.